The van der Waals surface area contributed by atoms with Crippen LogP contribution in [0.25, 0.3) is 0 Å². The van der Waals surface area contributed by atoms with Crippen LogP contribution in [0.5, 0.6) is 11.5 Å². The zero-order chi connectivity index (χ0) is 19.9. The number of benzene rings is 2. The second kappa shape index (κ2) is 9.61. The van der Waals surface area contributed by atoms with Gasteiger partial charge < -0.3 is 14.9 Å². The number of halogens is 1. The van der Waals surface area contributed by atoms with Gasteiger partial charge in [-0.25, -0.2) is 4.68 Å². The van der Waals surface area contributed by atoms with Gasteiger partial charge in [0.25, 0.3) is 0 Å². The number of hydrogen-bond donors (Lipinski definition) is 2. The largest absolute Gasteiger partial charge is 0.490 e. The van der Waals surface area contributed by atoms with Crippen molar-refractivity contribution < 1.29 is 9.47 Å². The smallest absolute Gasteiger partial charge is 0.214 e. The van der Waals surface area contributed by atoms with Gasteiger partial charge in [-0.15, -0.1) is 0 Å². The summed E-state index contributed by atoms with van der Waals surface area (Å²) in [5, 5.41) is 7.70. The van der Waals surface area contributed by atoms with Crippen LogP contribution in [0, 0.1) is 4.77 Å². The third-order valence-corrected chi connectivity index (χ3v) is 4.82. The predicted octanol–water partition coefficient (Wildman–Crippen LogP) is 4.88. The Morgan fingerprint density at radius 3 is 2.64 bits per heavy atom. The van der Waals surface area contributed by atoms with Crippen LogP contribution in [0.15, 0.2) is 42.5 Å². The maximum atomic E-state index is 6.26. The molecule has 0 spiro atoms. The van der Waals surface area contributed by atoms with E-state index < -0.39 is 0 Å². The van der Waals surface area contributed by atoms with E-state index in [9.17, 15) is 0 Å². The molecule has 0 saturated carbocycles. The summed E-state index contributed by atoms with van der Waals surface area (Å²) < 4.78 is 14.2. The van der Waals surface area contributed by atoms with Crippen molar-refractivity contribution in [2.24, 2.45) is 0 Å². The molecule has 0 bridgehead atoms. The number of rotatable bonds is 9. The van der Waals surface area contributed by atoms with E-state index in [1.54, 1.807) is 4.68 Å². The summed E-state index contributed by atoms with van der Waals surface area (Å²) in [5.41, 5.74) is 5.17. The van der Waals surface area contributed by atoms with Gasteiger partial charge in [0.05, 0.1) is 13.2 Å². The van der Waals surface area contributed by atoms with Gasteiger partial charge in [-0.3, -0.25) is 5.10 Å². The molecule has 2 aromatic carbocycles. The van der Waals surface area contributed by atoms with E-state index in [1.165, 1.54) is 0 Å². The lowest BCUT2D eigenvalue weighted by Gasteiger charge is -2.17. The highest BCUT2D eigenvalue weighted by Crippen LogP contribution is 2.33. The number of nitrogens with zero attached hydrogens (tertiary/aromatic N) is 2. The summed E-state index contributed by atoms with van der Waals surface area (Å²) in [6.45, 7) is 5.37. The minimum atomic E-state index is 0.349. The first kappa shape index (κ1) is 20.2. The first-order valence-corrected chi connectivity index (χ1v) is 9.93. The molecule has 8 heteroatoms. The maximum absolute atomic E-state index is 6.26. The van der Waals surface area contributed by atoms with Crippen LogP contribution in [0.4, 0.5) is 0 Å². The van der Waals surface area contributed by atoms with Crippen LogP contribution in [-0.2, 0) is 19.6 Å². The summed E-state index contributed by atoms with van der Waals surface area (Å²) in [5.74, 6) is 2.22. The number of ether oxygens (including phenoxy) is 2. The quantitative estimate of drug-likeness (QED) is 0.485. The molecule has 0 aliphatic carbocycles. The minimum Gasteiger partial charge on any atom is -0.490 e. The lowest BCUT2D eigenvalue weighted by molar-refractivity contribution is 0.267. The molecule has 0 atom stereocenters. The predicted molar refractivity (Wildman–Crippen MR) is 113 cm³/mol. The summed E-state index contributed by atoms with van der Waals surface area (Å²) in [6.07, 6.45) is 0.759. The Balaban J connectivity index is 1.84. The Labute approximate surface area is 174 Å². The summed E-state index contributed by atoms with van der Waals surface area (Å²) in [6, 6.07) is 13.5. The topological polar surface area (TPSA) is 64.1 Å². The molecule has 3 aromatic rings. The van der Waals surface area contributed by atoms with Gasteiger partial charge in [-0.05, 0) is 31.3 Å². The van der Waals surface area contributed by atoms with Gasteiger partial charge in [-0.2, -0.15) is 5.10 Å². The van der Waals surface area contributed by atoms with E-state index in [-0.39, 0.29) is 0 Å². The SMILES string of the molecule is CCOc1cccc(CNn2c(CC)n[nH]c2=S)c1OCc1ccccc1Cl. The molecule has 0 fully saturated rings. The Hall–Kier alpha value is -2.51. The van der Waals surface area contributed by atoms with Crippen LogP contribution in [0.3, 0.4) is 0 Å². The van der Waals surface area contributed by atoms with Crippen LogP contribution in [0.1, 0.15) is 30.8 Å². The third kappa shape index (κ3) is 4.66. The minimum absolute atomic E-state index is 0.349. The van der Waals surface area contributed by atoms with Crippen molar-refractivity contribution >= 4 is 23.8 Å². The number of aryl methyl sites for hydroxylation is 1. The highest BCUT2D eigenvalue weighted by atomic mass is 35.5. The average molecular weight is 419 g/mol. The van der Waals surface area contributed by atoms with Gasteiger partial charge in [0, 0.05) is 22.6 Å². The molecule has 0 unspecified atom stereocenters. The van der Waals surface area contributed by atoms with E-state index in [0.29, 0.717) is 41.1 Å². The van der Waals surface area contributed by atoms with Gasteiger partial charge in [0.1, 0.15) is 6.61 Å². The molecule has 148 valence electrons. The third-order valence-electron chi connectivity index (χ3n) is 4.18. The van der Waals surface area contributed by atoms with E-state index in [4.69, 9.17) is 33.3 Å². The normalized spacial score (nSPS) is 10.7. The van der Waals surface area contributed by atoms with Crippen LogP contribution >= 0.6 is 23.8 Å². The van der Waals surface area contributed by atoms with Crippen molar-refractivity contribution in [3.63, 3.8) is 0 Å². The fourth-order valence-corrected chi connectivity index (χ4v) is 3.20. The number of H-pyrrole nitrogens is 1. The van der Waals surface area contributed by atoms with Crippen LogP contribution < -0.4 is 14.9 Å². The first-order chi connectivity index (χ1) is 13.6. The highest BCUT2D eigenvalue weighted by molar-refractivity contribution is 7.71. The molecule has 28 heavy (non-hydrogen) atoms. The van der Waals surface area contributed by atoms with Crippen molar-refractivity contribution in [2.45, 2.75) is 33.4 Å². The molecule has 6 nitrogen and oxygen atoms in total. The van der Waals surface area contributed by atoms with E-state index >= 15 is 0 Å². The molecule has 1 aromatic heterocycles. The zero-order valence-electron chi connectivity index (χ0n) is 15.9. The van der Waals surface area contributed by atoms with Crippen molar-refractivity contribution in [3.8, 4) is 11.5 Å². The molecule has 0 aliphatic heterocycles. The Kier molecular flexibility index (Phi) is 6.95. The van der Waals surface area contributed by atoms with E-state index in [1.807, 2.05) is 56.3 Å². The molecule has 3 rings (SSSR count). The fourth-order valence-electron chi connectivity index (χ4n) is 2.79. The van der Waals surface area contributed by atoms with Crippen molar-refractivity contribution in [1.82, 2.24) is 14.9 Å². The van der Waals surface area contributed by atoms with Crippen molar-refractivity contribution in [3.05, 3.63) is 69.2 Å². The fraction of sp³-hybridized carbons (Fsp3) is 0.300. The molecule has 2 N–H and O–H groups in total. The average Bonchev–Trinajstić information content (AvgIpc) is 3.06. The summed E-state index contributed by atoms with van der Waals surface area (Å²) in [4.78, 5) is 0. The molecule has 0 saturated heterocycles. The zero-order valence-corrected chi connectivity index (χ0v) is 17.4. The highest BCUT2D eigenvalue weighted by Gasteiger charge is 2.13. The van der Waals surface area contributed by atoms with E-state index in [2.05, 4.69) is 15.6 Å². The van der Waals surface area contributed by atoms with Crippen LogP contribution in [-0.4, -0.2) is 21.5 Å². The van der Waals surface area contributed by atoms with Gasteiger partial charge in [0.2, 0.25) is 4.77 Å². The molecular formula is C20H23ClN4O2S. The van der Waals surface area contributed by atoms with Gasteiger partial charge in [-0.1, -0.05) is 48.9 Å². The maximum Gasteiger partial charge on any atom is 0.214 e. The second-order valence-electron chi connectivity index (χ2n) is 6.03. The lowest BCUT2D eigenvalue weighted by Crippen LogP contribution is -2.18. The van der Waals surface area contributed by atoms with Gasteiger partial charge in [0.15, 0.2) is 17.3 Å². The van der Waals surface area contributed by atoms with Crippen LogP contribution in [0.2, 0.25) is 5.02 Å². The standard InChI is InChI=1S/C20H23ClN4O2S/c1-3-18-23-24-20(28)25(18)22-12-14-9-7-11-17(26-4-2)19(14)27-13-15-8-5-6-10-16(15)21/h5-11,22H,3-4,12-13H2,1-2H3,(H,24,28). The number of hydrogen-bond acceptors (Lipinski definition) is 5. The molecular weight excluding hydrogens is 396 g/mol. The molecule has 1 heterocycles. The Morgan fingerprint density at radius 2 is 1.89 bits per heavy atom. The second-order valence-corrected chi connectivity index (χ2v) is 6.82. The Bertz CT molecular complexity index is 986. The number of para-hydroxylation sites is 1. The molecule has 0 aliphatic rings. The number of nitrogens with one attached hydrogen (secondary N) is 2. The summed E-state index contributed by atoms with van der Waals surface area (Å²) >= 11 is 11.6. The van der Waals surface area contributed by atoms with Gasteiger partial charge >= 0.3 is 0 Å². The number of aromatic nitrogens is 3. The monoisotopic (exact) mass is 418 g/mol. The first-order valence-electron chi connectivity index (χ1n) is 9.15. The van der Waals surface area contributed by atoms with Crippen molar-refractivity contribution in [1.29, 1.82) is 0 Å². The van der Waals surface area contributed by atoms with Crippen molar-refractivity contribution in [2.75, 3.05) is 12.0 Å². The number of aromatic amines is 1. The van der Waals surface area contributed by atoms with E-state index in [0.717, 1.165) is 23.4 Å². The Morgan fingerprint density at radius 1 is 1.11 bits per heavy atom. The molecule has 0 radical (unpaired) electrons. The summed E-state index contributed by atoms with van der Waals surface area (Å²) in [7, 11) is 0. The molecule has 0 amide bonds. The lowest BCUT2D eigenvalue weighted by atomic mass is 10.2.